The lowest BCUT2D eigenvalue weighted by Gasteiger charge is -2.19. The van der Waals surface area contributed by atoms with Crippen molar-refractivity contribution in [3.63, 3.8) is 0 Å². The number of anilines is 2. The molecule has 1 heterocycles. The van der Waals surface area contributed by atoms with Gasteiger partial charge in [0.2, 0.25) is 10.0 Å². The zero-order chi connectivity index (χ0) is 18.9. The summed E-state index contributed by atoms with van der Waals surface area (Å²) in [6, 6.07) is 10.4. The SMILES string of the molecule is COc1cc(N2CCCS2(=O)=O)ccc1NS(=O)(=O)c1cccc(Cl)c1. The lowest BCUT2D eigenvalue weighted by molar-refractivity contribution is 0.417. The first kappa shape index (κ1) is 18.8. The molecule has 0 spiro atoms. The van der Waals surface area contributed by atoms with E-state index in [2.05, 4.69) is 4.72 Å². The monoisotopic (exact) mass is 416 g/mol. The van der Waals surface area contributed by atoms with Gasteiger partial charge in [-0.3, -0.25) is 9.03 Å². The Morgan fingerprint density at radius 2 is 1.96 bits per heavy atom. The molecule has 1 aliphatic heterocycles. The predicted octanol–water partition coefficient (Wildman–Crippen LogP) is 2.69. The molecule has 1 saturated heterocycles. The average Bonchev–Trinajstić information content (AvgIpc) is 2.94. The molecular formula is C16H17ClN2O5S2. The quantitative estimate of drug-likeness (QED) is 0.808. The van der Waals surface area contributed by atoms with E-state index in [9.17, 15) is 16.8 Å². The van der Waals surface area contributed by atoms with Crippen molar-refractivity contribution in [2.24, 2.45) is 0 Å². The first-order valence-corrected chi connectivity index (χ1v) is 11.2. The van der Waals surface area contributed by atoms with Gasteiger partial charge in [-0.1, -0.05) is 17.7 Å². The number of hydrogen-bond acceptors (Lipinski definition) is 5. The Kier molecular flexibility index (Phi) is 5.05. The minimum absolute atomic E-state index is 0.0123. The third-order valence-electron chi connectivity index (χ3n) is 3.92. The van der Waals surface area contributed by atoms with E-state index in [0.29, 0.717) is 23.7 Å². The second-order valence-corrected chi connectivity index (χ2v) is 9.82. The highest BCUT2D eigenvalue weighted by Gasteiger charge is 2.29. The van der Waals surface area contributed by atoms with E-state index in [1.54, 1.807) is 12.1 Å². The number of halogens is 1. The molecule has 0 radical (unpaired) electrons. The van der Waals surface area contributed by atoms with E-state index in [-0.39, 0.29) is 22.1 Å². The van der Waals surface area contributed by atoms with E-state index in [0.717, 1.165) is 0 Å². The maximum absolute atomic E-state index is 12.5. The molecule has 140 valence electrons. The Balaban J connectivity index is 1.94. The summed E-state index contributed by atoms with van der Waals surface area (Å²) >= 11 is 5.85. The highest BCUT2D eigenvalue weighted by atomic mass is 35.5. The molecule has 3 rings (SSSR count). The van der Waals surface area contributed by atoms with Gasteiger partial charge in [0.1, 0.15) is 5.75 Å². The van der Waals surface area contributed by atoms with Gasteiger partial charge in [-0.25, -0.2) is 16.8 Å². The summed E-state index contributed by atoms with van der Waals surface area (Å²) in [5.41, 5.74) is 0.637. The lowest BCUT2D eigenvalue weighted by atomic mass is 10.2. The number of rotatable bonds is 5. The van der Waals surface area contributed by atoms with E-state index in [1.807, 2.05) is 0 Å². The molecule has 2 aromatic carbocycles. The van der Waals surface area contributed by atoms with Crippen molar-refractivity contribution in [3.8, 4) is 5.75 Å². The molecule has 0 aliphatic carbocycles. The number of hydrogen-bond donors (Lipinski definition) is 1. The largest absolute Gasteiger partial charge is 0.494 e. The third kappa shape index (κ3) is 3.74. The molecule has 0 unspecified atom stereocenters. The Morgan fingerprint density at radius 1 is 1.19 bits per heavy atom. The van der Waals surface area contributed by atoms with Crippen molar-refractivity contribution in [3.05, 3.63) is 47.5 Å². The minimum atomic E-state index is -3.87. The molecule has 1 aliphatic rings. The fourth-order valence-electron chi connectivity index (χ4n) is 2.69. The zero-order valence-electron chi connectivity index (χ0n) is 13.8. The van der Waals surface area contributed by atoms with E-state index in [1.165, 1.54) is 41.7 Å². The van der Waals surface area contributed by atoms with Crippen LogP contribution in [0.25, 0.3) is 0 Å². The zero-order valence-corrected chi connectivity index (χ0v) is 16.2. The maximum atomic E-state index is 12.5. The third-order valence-corrected chi connectivity index (χ3v) is 7.39. The molecule has 0 saturated carbocycles. The molecule has 2 aromatic rings. The summed E-state index contributed by atoms with van der Waals surface area (Å²) in [7, 11) is -5.82. The normalized spacial score (nSPS) is 16.5. The van der Waals surface area contributed by atoms with Crippen molar-refractivity contribution in [2.75, 3.05) is 28.4 Å². The van der Waals surface area contributed by atoms with Gasteiger partial charge < -0.3 is 4.74 Å². The summed E-state index contributed by atoms with van der Waals surface area (Å²) < 4.78 is 58.2. The van der Waals surface area contributed by atoms with Gasteiger partial charge in [0, 0.05) is 17.6 Å². The Labute approximate surface area is 157 Å². The molecule has 26 heavy (non-hydrogen) atoms. The van der Waals surface area contributed by atoms with Crippen molar-refractivity contribution in [2.45, 2.75) is 11.3 Å². The predicted molar refractivity (Wildman–Crippen MR) is 101 cm³/mol. The van der Waals surface area contributed by atoms with Crippen LogP contribution in [0.5, 0.6) is 5.75 Å². The van der Waals surface area contributed by atoms with Gasteiger partial charge in [0.25, 0.3) is 10.0 Å². The topological polar surface area (TPSA) is 92.8 Å². The highest BCUT2D eigenvalue weighted by molar-refractivity contribution is 7.93. The summed E-state index contributed by atoms with van der Waals surface area (Å²) in [4.78, 5) is 0.0123. The van der Waals surface area contributed by atoms with Crippen LogP contribution in [0.4, 0.5) is 11.4 Å². The minimum Gasteiger partial charge on any atom is -0.494 e. The fraction of sp³-hybridized carbons (Fsp3) is 0.250. The van der Waals surface area contributed by atoms with Gasteiger partial charge in [-0.15, -0.1) is 0 Å². The molecule has 10 heteroatoms. The van der Waals surface area contributed by atoms with Gasteiger partial charge in [0.15, 0.2) is 0 Å². The summed E-state index contributed by atoms with van der Waals surface area (Å²) in [5.74, 6) is 0.313. The van der Waals surface area contributed by atoms with Crippen LogP contribution in [0.15, 0.2) is 47.4 Å². The first-order chi connectivity index (χ1) is 12.2. The first-order valence-electron chi connectivity index (χ1n) is 7.70. The number of nitrogens with one attached hydrogen (secondary N) is 1. The number of nitrogens with zero attached hydrogens (tertiary/aromatic N) is 1. The van der Waals surface area contributed by atoms with Crippen LogP contribution in [0.2, 0.25) is 5.02 Å². The van der Waals surface area contributed by atoms with Gasteiger partial charge in [-0.05, 0) is 36.8 Å². The van der Waals surface area contributed by atoms with Crippen molar-refractivity contribution < 1.29 is 21.6 Å². The second kappa shape index (κ2) is 6.98. The van der Waals surface area contributed by atoms with Crippen LogP contribution in [0, 0.1) is 0 Å². The smallest absolute Gasteiger partial charge is 0.262 e. The number of methoxy groups -OCH3 is 1. The van der Waals surface area contributed by atoms with E-state index >= 15 is 0 Å². The van der Waals surface area contributed by atoms with Crippen LogP contribution in [-0.2, 0) is 20.0 Å². The summed E-state index contributed by atoms with van der Waals surface area (Å²) in [5, 5.41) is 0.300. The Hall–Kier alpha value is -1.97. The molecule has 0 atom stereocenters. The van der Waals surface area contributed by atoms with Crippen molar-refractivity contribution in [1.29, 1.82) is 0 Å². The second-order valence-electron chi connectivity index (χ2n) is 5.69. The number of ether oxygens (including phenoxy) is 1. The van der Waals surface area contributed by atoms with Crippen LogP contribution >= 0.6 is 11.6 Å². The fourth-order valence-corrected chi connectivity index (χ4v) is 5.61. The summed E-state index contributed by atoms with van der Waals surface area (Å²) in [6.07, 6.45) is 0.549. The highest BCUT2D eigenvalue weighted by Crippen LogP contribution is 2.34. The van der Waals surface area contributed by atoms with Gasteiger partial charge in [-0.2, -0.15) is 0 Å². The maximum Gasteiger partial charge on any atom is 0.262 e. The van der Waals surface area contributed by atoms with Crippen LogP contribution in [-0.4, -0.2) is 36.2 Å². The number of sulfonamides is 2. The van der Waals surface area contributed by atoms with Crippen LogP contribution in [0.3, 0.4) is 0 Å². The molecular weight excluding hydrogens is 400 g/mol. The molecule has 1 fully saturated rings. The van der Waals surface area contributed by atoms with Gasteiger partial charge in [0.05, 0.1) is 29.1 Å². The molecule has 7 nitrogen and oxygen atoms in total. The van der Waals surface area contributed by atoms with Crippen LogP contribution < -0.4 is 13.8 Å². The molecule has 1 N–H and O–H groups in total. The molecule has 0 bridgehead atoms. The van der Waals surface area contributed by atoms with Crippen molar-refractivity contribution in [1.82, 2.24) is 0 Å². The van der Waals surface area contributed by atoms with Crippen molar-refractivity contribution >= 4 is 43.0 Å². The van der Waals surface area contributed by atoms with Gasteiger partial charge >= 0.3 is 0 Å². The lowest BCUT2D eigenvalue weighted by Crippen LogP contribution is -2.25. The standard InChI is InChI=1S/C16H17ClN2O5S2/c1-24-16-11-13(19-8-3-9-25(19,20)21)6-7-15(16)18-26(22,23)14-5-2-4-12(17)10-14/h2,4-7,10-11,18H,3,8-9H2,1H3. The Morgan fingerprint density at radius 3 is 2.58 bits per heavy atom. The molecule has 0 aromatic heterocycles. The average molecular weight is 417 g/mol. The Bertz CT molecular complexity index is 1040. The van der Waals surface area contributed by atoms with E-state index < -0.39 is 20.0 Å². The van der Waals surface area contributed by atoms with Crippen LogP contribution in [0.1, 0.15) is 6.42 Å². The summed E-state index contributed by atoms with van der Waals surface area (Å²) in [6.45, 7) is 0.388. The van der Waals surface area contributed by atoms with E-state index in [4.69, 9.17) is 16.3 Å². The number of benzene rings is 2. The molecule has 0 amide bonds.